The van der Waals surface area contributed by atoms with Crippen molar-refractivity contribution in [3.63, 3.8) is 0 Å². The predicted molar refractivity (Wildman–Crippen MR) is 119 cm³/mol. The highest BCUT2D eigenvalue weighted by Gasteiger charge is 2.21. The molecule has 0 aromatic heterocycles. The van der Waals surface area contributed by atoms with E-state index in [0.29, 0.717) is 34.7 Å². The van der Waals surface area contributed by atoms with Crippen molar-refractivity contribution in [3.8, 4) is 11.5 Å². The first-order valence-corrected chi connectivity index (χ1v) is 10.8. The molecular formula is C23H28BrNO5. The van der Waals surface area contributed by atoms with Crippen LogP contribution in [0, 0.1) is 0 Å². The van der Waals surface area contributed by atoms with Gasteiger partial charge in [-0.3, -0.25) is 9.59 Å². The Balaban J connectivity index is 1.98. The van der Waals surface area contributed by atoms with Gasteiger partial charge in [0.05, 0.1) is 25.7 Å². The summed E-state index contributed by atoms with van der Waals surface area (Å²) >= 11 is 3.46. The fourth-order valence-electron chi connectivity index (χ4n) is 2.85. The number of halogens is 1. The highest BCUT2D eigenvalue weighted by molar-refractivity contribution is 9.10. The molecule has 2 unspecified atom stereocenters. The summed E-state index contributed by atoms with van der Waals surface area (Å²) in [5, 5.41) is 2.86. The summed E-state index contributed by atoms with van der Waals surface area (Å²) in [6, 6.07) is 12.9. The molecule has 2 aromatic rings. The molecule has 0 radical (unpaired) electrons. The van der Waals surface area contributed by atoms with Gasteiger partial charge in [0, 0.05) is 4.47 Å². The Kier molecular flexibility index (Phi) is 9.17. The first-order valence-electron chi connectivity index (χ1n) is 9.98. The number of hydrogen-bond donors (Lipinski definition) is 1. The molecule has 2 rings (SSSR count). The summed E-state index contributed by atoms with van der Waals surface area (Å²) in [6.07, 6.45) is -0.907. The van der Waals surface area contributed by atoms with Crippen LogP contribution >= 0.6 is 15.9 Å². The quantitative estimate of drug-likeness (QED) is 0.506. The third-order valence-corrected chi connectivity index (χ3v) is 5.12. The summed E-state index contributed by atoms with van der Waals surface area (Å²) in [6.45, 7) is 8.19. The van der Waals surface area contributed by atoms with Crippen LogP contribution < -0.4 is 14.8 Å². The van der Waals surface area contributed by atoms with Gasteiger partial charge >= 0.3 is 5.97 Å². The molecule has 7 heteroatoms. The van der Waals surface area contributed by atoms with Crippen LogP contribution in [0.4, 0.5) is 0 Å². The SMILES string of the molecule is CCOc1cc(Br)c(CC(=O)OC(C)C(=O)NC(C)c2ccccc2)cc1OCC. The van der Waals surface area contributed by atoms with E-state index < -0.39 is 12.1 Å². The molecule has 0 aliphatic heterocycles. The minimum absolute atomic E-state index is 0.00107. The average Bonchev–Trinajstić information content (AvgIpc) is 2.72. The number of carbonyl (C=O) groups is 2. The Morgan fingerprint density at radius 3 is 2.20 bits per heavy atom. The van der Waals surface area contributed by atoms with Gasteiger partial charge in [-0.15, -0.1) is 0 Å². The van der Waals surface area contributed by atoms with E-state index in [1.165, 1.54) is 0 Å². The van der Waals surface area contributed by atoms with Gasteiger partial charge in [0.15, 0.2) is 17.6 Å². The Morgan fingerprint density at radius 2 is 1.60 bits per heavy atom. The third-order valence-electron chi connectivity index (χ3n) is 4.38. The van der Waals surface area contributed by atoms with E-state index in [0.717, 1.165) is 5.56 Å². The van der Waals surface area contributed by atoms with Crippen LogP contribution in [0.3, 0.4) is 0 Å². The van der Waals surface area contributed by atoms with Gasteiger partial charge in [0.2, 0.25) is 0 Å². The zero-order chi connectivity index (χ0) is 22.1. The first-order chi connectivity index (χ1) is 14.3. The molecule has 2 aromatic carbocycles. The summed E-state index contributed by atoms with van der Waals surface area (Å²) in [7, 11) is 0. The van der Waals surface area contributed by atoms with Gasteiger partial charge in [-0.2, -0.15) is 0 Å². The maximum atomic E-state index is 12.4. The van der Waals surface area contributed by atoms with Crippen molar-refractivity contribution in [1.29, 1.82) is 0 Å². The van der Waals surface area contributed by atoms with E-state index in [4.69, 9.17) is 14.2 Å². The van der Waals surface area contributed by atoms with Gasteiger partial charge in [0.1, 0.15) is 0 Å². The lowest BCUT2D eigenvalue weighted by Crippen LogP contribution is -2.37. The molecule has 0 fully saturated rings. The van der Waals surface area contributed by atoms with Crippen LogP contribution in [0.15, 0.2) is 46.9 Å². The van der Waals surface area contributed by atoms with Crippen LogP contribution in [0.2, 0.25) is 0 Å². The first kappa shape index (κ1) is 23.7. The van der Waals surface area contributed by atoms with Gasteiger partial charge in [-0.05, 0) is 51.0 Å². The second-order valence-corrected chi connectivity index (χ2v) is 7.56. The minimum Gasteiger partial charge on any atom is -0.490 e. The van der Waals surface area contributed by atoms with E-state index >= 15 is 0 Å². The average molecular weight is 478 g/mol. The number of benzene rings is 2. The largest absolute Gasteiger partial charge is 0.490 e. The minimum atomic E-state index is -0.906. The Hall–Kier alpha value is -2.54. The van der Waals surface area contributed by atoms with Crippen LogP contribution in [-0.4, -0.2) is 31.2 Å². The van der Waals surface area contributed by atoms with Crippen molar-refractivity contribution in [1.82, 2.24) is 5.32 Å². The van der Waals surface area contributed by atoms with Crippen LogP contribution in [-0.2, 0) is 20.7 Å². The third kappa shape index (κ3) is 6.76. The van der Waals surface area contributed by atoms with Gasteiger partial charge in [-0.1, -0.05) is 46.3 Å². The molecule has 0 bridgehead atoms. The predicted octanol–water partition coefficient (Wildman–Crippen LogP) is 4.60. The van der Waals surface area contributed by atoms with E-state index in [1.807, 2.05) is 51.1 Å². The number of nitrogens with one attached hydrogen (secondary N) is 1. The number of carbonyl (C=O) groups excluding carboxylic acids is 2. The van der Waals surface area contributed by atoms with E-state index in [-0.39, 0.29) is 18.4 Å². The molecule has 162 valence electrons. The van der Waals surface area contributed by atoms with Crippen molar-refractivity contribution < 1.29 is 23.8 Å². The van der Waals surface area contributed by atoms with Crippen molar-refractivity contribution in [3.05, 3.63) is 58.1 Å². The number of esters is 1. The van der Waals surface area contributed by atoms with E-state index in [9.17, 15) is 9.59 Å². The molecular weight excluding hydrogens is 450 g/mol. The van der Waals surface area contributed by atoms with Crippen molar-refractivity contribution in [2.24, 2.45) is 0 Å². The van der Waals surface area contributed by atoms with Gasteiger partial charge in [0.25, 0.3) is 5.91 Å². The summed E-state index contributed by atoms with van der Waals surface area (Å²) in [4.78, 5) is 24.8. The molecule has 0 saturated carbocycles. The fraction of sp³-hybridized carbons (Fsp3) is 0.391. The van der Waals surface area contributed by atoms with Crippen molar-refractivity contribution in [2.45, 2.75) is 46.3 Å². The molecule has 1 N–H and O–H groups in total. The fourth-order valence-corrected chi connectivity index (χ4v) is 3.32. The van der Waals surface area contributed by atoms with Crippen molar-refractivity contribution in [2.75, 3.05) is 13.2 Å². The second-order valence-electron chi connectivity index (χ2n) is 6.71. The number of ether oxygens (including phenoxy) is 3. The highest BCUT2D eigenvalue weighted by Crippen LogP contribution is 2.34. The van der Waals surface area contributed by atoms with Gasteiger partial charge < -0.3 is 19.5 Å². The summed E-state index contributed by atoms with van der Waals surface area (Å²) < 4.78 is 17.2. The maximum absolute atomic E-state index is 12.4. The standard InChI is InChI=1S/C23H28BrNO5/c1-5-28-20-12-18(19(24)14-21(20)29-6-2)13-22(26)30-16(4)23(27)25-15(3)17-10-8-7-9-11-17/h7-12,14-16H,5-6,13H2,1-4H3,(H,25,27). The molecule has 0 spiro atoms. The van der Waals surface area contributed by atoms with E-state index in [1.54, 1.807) is 19.1 Å². The highest BCUT2D eigenvalue weighted by atomic mass is 79.9. The lowest BCUT2D eigenvalue weighted by Gasteiger charge is -2.19. The molecule has 0 heterocycles. The van der Waals surface area contributed by atoms with Crippen LogP contribution in [0.25, 0.3) is 0 Å². The topological polar surface area (TPSA) is 73.9 Å². The molecule has 6 nitrogen and oxygen atoms in total. The molecule has 1 amide bonds. The Labute approximate surface area is 186 Å². The molecule has 30 heavy (non-hydrogen) atoms. The number of hydrogen-bond acceptors (Lipinski definition) is 5. The molecule has 2 atom stereocenters. The monoisotopic (exact) mass is 477 g/mol. The molecule has 0 aliphatic rings. The zero-order valence-electron chi connectivity index (χ0n) is 17.7. The van der Waals surface area contributed by atoms with E-state index in [2.05, 4.69) is 21.2 Å². The maximum Gasteiger partial charge on any atom is 0.311 e. The van der Waals surface area contributed by atoms with Gasteiger partial charge in [-0.25, -0.2) is 0 Å². The summed E-state index contributed by atoms with van der Waals surface area (Å²) in [5.41, 5.74) is 1.67. The Bertz CT molecular complexity index is 856. The lowest BCUT2D eigenvalue weighted by atomic mass is 10.1. The number of amides is 1. The van der Waals surface area contributed by atoms with Crippen LogP contribution in [0.1, 0.15) is 44.9 Å². The van der Waals surface area contributed by atoms with Crippen molar-refractivity contribution >= 4 is 27.8 Å². The normalized spacial score (nSPS) is 12.6. The second kappa shape index (κ2) is 11.6. The summed E-state index contributed by atoms with van der Waals surface area (Å²) in [5.74, 6) is 0.316. The Morgan fingerprint density at radius 1 is 1.00 bits per heavy atom. The number of rotatable bonds is 10. The zero-order valence-corrected chi connectivity index (χ0v) is 19.3. The van der Waals surface area contributed by atoms with Crippen LogP contribution in [0.5, 0.6) is 11.5 Å². The lowest BCUT2D eigenvalue weighted by molar-refractivity contribution is -0.154. The molecule has 0 aliphatic carbocycles. The molecule has 0 saturated heterocycles. The smallest absolute Gasteiger partial charge is 0.311 e.